The number of alkyl halides is 3. The molecule has 0 saturated heterocycles. The molecule has 2 aromatic carbocycles. The fourth-order valence-electron chi connectivity index (χ4n) is 3.08. The molecule has 0 unspecified atom stereocenters. The first-order valence-electron chi connectivity index (χ1n) is 8.70. The van der Waals surface area contributed by atoms with Crippen molar-refractivity contribution >= 4 is 20.9 Å². The number of H-pyrrole nitrogens is 1. The summed E-state index contributed by atoms with van der Waals surface area (Å²) in [4.78, 5) is 2.88. The van der Waals surface area contributed by atoms with E-state index in [9.17, 15) is 26.0 Å². The zero-order valence-electron chi connectivity index (χ0n) is 15.9. The summed E-state index contributed by atoms with van der Waals surface area (Å²) in [7, 11) is -2.72. The van der Waals surface area contributed by atoms with Crippen LogP contribution in [0.25, 0.3) is 10.9 Å². The molecule has 0 aliphatic carbocycles. The summed E-state index contributed by atoms with van der Waals surface area (Å²) in [6.07, 6.45) is -4.61. The third-order valence-corrected chi connectivity index (χ3v) is 5.88. The molecule has 3 rings (SSSR count). The number of aromatic nitrogens is 1. The zero-order chi connectivity index (χ0) is 22.1. The maximum Gasteiger partial charge on any atom is 0.573 e. The van der Waals surface area contributed by atoms with Crippen molar-refractivity contribution in [3.05, 3.63) is 53.5 Å². The Morgan fingerprint density at radius 3 is 2.53 bits per heavy atom. The van der Waals surface area contributed by atoms with Crippen molar-refractivity contribution in [2.45, 2.75) is 24.6 Å². The van der Waals surface area contributed by atoms with E-state index in [0.717, 1.165) is 18.2 Å². The lowest BCUT2D eigenvalue weighted by Crippen LogP contribution is -2.26. The Morgan fingerprint density at radius 1 is 1.13 bits per heavy atom. The molecule has 6 nitrogen and oxygen atoms in total. The van der Waals surface area contributed by atoms with Crippen LogP contribution >= 0.6 is 0 Å². The van der Waals surface area contributed by atoms with E-state index in [1.54, 1.807) is 6.92 Å². The van der Waals surface area contributed by atoms with Crippen molar-refractivity contribution in [3.63, 3.8) is 0 Å². The highest BCUT2D eigenvalue weighted by Gasteiger charge is 2.31. The SMILES string of the molecule is COc1cc(S(=O)(=O)NCCc2c(C)[nH]c3ccc(OC(F)(F)F)cc23)ccc1F. The molecular weight excluding hydrogens is 428 g/mol. The second-order valence-electron chi connectivity index (χ2n) is 6.43. The van der Waals surface area contributed by atoms with E-state index in [2.05, 4.69) is 14.4 Å². The highest BCUT2D eigenvalue weighted by atomic mass is 32.2. The van der Waals surface area contributed by atoms with E-state index in [4.69, 9.17) is 4.74 Å². The minimum absolute atomic E-state index is 0.0276. The molecule has 162 valence electrons. The van der Waals surface area contributed by atoms with E-state index in [-0.39, 0.29) is 29.4 Å². The molecule has 0 fully saturated rings. The molecule has 0 spiro atoms. The van der Waals surface area contributed by atoms with Gasteiger partial charge in [-0.1, -0.05) is 0 Å². The monoisotopic (exact) mass is 446 g/mol. The lowest BCUT2D eigenvalue weighted by atomic mass is 10.1. The van der Waals surface area contributed by atoms with Crippen LogP contribution < -0.4 is 14.2 Å². The van der Waals surface area contributed by atoms with Crippen molar-refractivity contribution in [1.82, 2.24) is 9.71 Å². The zero-order valence-corrected chi connectivity index (χ0v) is 16.7. The number of benzene rings is 2. The molecule has 30 heavy (non-hydrogen) atoms. The maximum absolute atomic E-state index is 13.5. The lowest BCUT2D eigenvalue weighted by molar-refractivity contribution is -0.274. The summed E-state index contributed by atoms with van der Waals surface area (Å²) in [5, 5.41) is 0.497. The number of nitrogens with one attached hydrogen (secondary N) is 2. The third kappa shape index (κ3) is 4.85. The van der Waals surface area contributed by atoms with Crippen LogP contribution in [0.1, 0.15) is 11.3 Å². The standard InChI is InChI=1S/C19H18F4N2O4S/c1-11-14(15-9-12(29-19(21,22)23)3-6-17(15)25-11)7-8-24-30(26,27)13-4-5-16(20)18(10-13)28-2/h3-6,9-10,24-25H,7-8H2,1-2H3. The number of sulfonamides is 1. The highest BCUT2D eigenvalue weighted by Crippen LogP contribution is 2.30. The van der Waals surface area contributed by atoms with Gasteiger partial charge in [-0.05, 0) is 49.2 Å². The van der Waals surface area contributed by atoms with Crippen molar-refractivity contribution < 1.29 is 35.5 Å². The number of methoxy groups -OCH3 is 1. The van der Waals surface area contributed by atoms with Gasteiger partial charge in [-0.25, -0.2) is 17.5 Å². The van der Waals surface area contributed by atoms with Gasteiger partial charge in [-0.3, -0.25) is 0 Å². The van der Waals surface area contributed by atoms with Crippen LogP contribution in [-0.4, -0.2) is 33.4 Å². The van der Waals surface area contributed by atoms with Crippen LogP contribution in [0.15, 0.2) is 41.3 Å². The van der Waals surface area contributed by atoms with E-state index in [1.807, 2.05) is 0 Å². The first-order chi connectivity index (χ1) is 14.0. The summed E-state index contributed by atoms with van der Waals surface area (Å²) < 4.78 is 87.0. The van der Waals surface area contributed by atoms with Gasteiger partial charge in [-0.15, -0.1) is 13.2 Å². The van der Waals surface area contributed by atoms with E-state index >= 15 is 0 Å². The van der Waals surface area contributed by atoms with Gasteiger partial charge in [-0.2, -0.15) is 0 Å². The Balaban J connectivity index is 1.78. The molecule has 0 aliphatic heterocycles. The fraction of sp³-hybridized carbons (Fsp3) is 0.263. The minimum Gasteiger partial charge on any atom is -0.494 e. The number of fused-ring (bicyclic) bond motifs is 1. The molecule has 3 aromatic rings. The molecule has 11 heteroatoms. The summed E-state index contributed by atoms with van der Waals surface area (Å²) in [5.74, 6) is -1.26. The van der Waals surface area contributed by atoms with Gasteiger partial charge in [0.2, 0.25) is 10.0 Å². The van der Waals surface area contributed by atoms with Gasteiger partial charge in [0.1, 0.15) is 5.75 Å². The van der Waals surface area contributed by atoms with Gasteiger partial charge in [0.05, 0.1) is 12.0 Å². The number of hydrogen-bond acceptors (Lipinski definition) is 4. The molecule has 0 radical (unpaired) electrons. The van der Waals surface area contributed by atoms with Crippen molar-refractivity contribution in [1.29, 1.82) is 0 Å². The van der Waals surface area contributed by atoms with Gasteiger partial charge >= 0.3 is 6.36 Å². The Bertz CT molecular complexity index is 1170. The van der Waals surface area contributed by atoms with E-state index in [0.29, 0.717) is 22.2 Å². The van der Waals surface area contributed by atoms with Crippen LogP contribution in [0.4, 0.5) is 17.6 Å². The summed E-state index contributed by atoms with van der Waals surface area (Å²) in [5.41, 5.74) is 1.94. The quantitative estimate of drug-likeness (QED) is 0.537. The molecule has 0 saturated carbocycles. The Hall–Kier alpha value is -2.79. The Morgan fingerprint density at radius 2 is 1.87 bits per heavy atom. The van der Waals surface area contributed by atoms with Gasteiger partial charge in [0.25, 0.3) is 0 Å². The average Bonchev–Trinajstić information content (AvgIpc) is 2.95. The average molecular weight is 446 g/mol. The molecule has 0 aliphatic rings. The van der Waals surface area contributed by atoms with Crippen LogP contribution in [0.5, 0.6) is 11.5 Å². The molecular formula is C19H18F4N2O4S. The molecule has 0 amide bonds. The van der Waals surface area contributed by atoms with Gasteiger partial charge < -0.3 is 14.5 Å². The number of ether oxygens (including phenoxy) is 2. The summed E-state index contributed by atoms with van der Waals surface area (Å²) >= 11 is 0. The maximum atomic E-state index is 13.5. The minimum atomic E-state index is -4.81. The predicted molar refractivity (Wildman–Crippen MR) is 102 cm³/mol. The van der Waals surface area contributed by atoms with Crippen molar-refractivity contribution in [3.8, 4) is 11.5 Å². The predicted octanol–water partition coefficient (Wildman–Crippen LogP) is 4.04. The van der Waals surface area contributed by atoms with Crippen LogP contribution in [0, 0.1) is 12.7 Å². The lowest BCUT2D eigenvalue weighted by Gasteiger charge is -2.10. The van der Waals surface area contributed by atoms with Crippen LogP contribution in [0.3, 0.4) is 0 Å². The van der Waals surface area contributed by atoms with Crippen molar-refractivity contribution in [2.75, 3.05) is 13.7 Å². The van der Waals surface area contributed by atoms with E-state index < -0.39 is 22.2 Å². The number of aryl methyl sites for hydroxylation is 1. The second-order valence-corrected chi connectivity index (χ2v) is 8.19. The third-order valence-electron chi connectivity index (χ3n) is 4.42. The number of rotatable bonds is 7. The Labute approximate surface area is 169 Å². The molecule has 0 bridgehead atoms. The molecule has 1 aromatic heterocycles. The normalized spacial score (nSPS) is 12.3. The number of aromatic amines is 1. The summed E-state index contributed by atoms with van der Waals surface area (Å²) in [6, 6.07) is 7.07. The first kappa shape index (κ1) is 21.9. The highest BCUT2D eigenvalue weighted by molar-refractivity contribution is 7.89. The first-order valence-corrected chi connectivity index (χ1v) is 10.2. The number of halogens is 4. The summed E-state index contributed by atoms with van der Waals surface area (Å²) in [6.45, 7) is 1.71. The second kappa shape index (κ2) is 8.15. The number of hydrogen-bond donors (Lipinski definition) is 2. The smallest absolute Gasteiger partial charge is 0.494 e. The fourth-order valence-corrected chi connectivity index (χ4v) is 4.13. The molecule has 0 atom stereocenters. The molecule has 1 heterocycles. The van der Waals surface area contributed by atoms with Crippen LogP contribution in [0.2, 0.25) is 0 Å². The van der Waals surface area contributed by atoms with Gasteiger partial charge in [0, 0.05) is 29.2 Å². The van der Waals surface area contributed by atoms with E-state index in [1.165, 1.54) is 25.3 Å². The van der Waals surface area contributed by atoms with Gasteiger partial charge in [0.15, 0.2) is 11.6 Å². The largest absolute Gasteiger partial charge is 0.573 e. The Kier molecular flexibility index (Phi) is 5.95. The molecule has 2 N–H and O–H groups in total. The topological polar surface area (TPSA) is 80.4 Å². The van der Waals surface area contributed by atoms with Crippen molar-refractivity contribution in [2.24, 2.45) is 0 Å². The van der Waals surface area contributed by atoms with Crippen LogP contribution in [-0.2, 0) is 16.4 Å².